The molecule has 140 valence electrons. The van der Waals surface area contributed by atoms with Crippen molar-refractivity contribution in [3.05, 3.63) is 86.7 Å². The van der Waals surface area contributed by atoms with Gasteiger partial charge in [0.2, 0.25) is 0 Å². The number of halogens is 2. The van der Waals surface area contributed by atoms with Crippen LogP contribution in [-0.2, 0) is 6.54 Å². The van der Waals surface area contributed by atoms with E-state index in [2.05, 4.69) is 10.4 Å². The maximum Gasteiger partial charge on any atom is 0.256 e. The van der Waals surface area contributed by atoms with Gasteiger partial charge in [-0.05, 0) is 43.5 Å². The molecule has 3 aromatic rings. The molecule has 1 N–H and O–H groups in total. The van der Waals surface area contributed by atoms with Crippen LogP contribution in [0.5, 0.6) is 0 Å². The lowest BCUT2D eigenvalue weighted by Gasteiger charge is -2.16. The Hall–Kier alpha value is -2.30. The highest BCUT2D eigenvalue weighted by molar-refractivity contribution is 6.33. The van der Waals surface area contributed by atoms with Crippen molar-refractivity contribution in [1.82, 2.24) is 15.1 Å². The minimum Gasteiger partial charge on any atom is -0.345 e. The first-order chi connectivity index (χ1) is 12.9. The van der Waals surface area contributed by atoms with Crippen molar-refractivity contribution in [1.29, 1.82) is 0 Å². The molecule has 0 aliphatic rings. The summed E-state index contributed by atoms with van der Waals surface area (Å²) in [4.78, 5) is 12.8. The SMILES string of the molecule is Cc1ccccc1C(C)NC(=O)c1c(C)nn(Cc2ccccc2Cl)c1Cl. The number of hydrogen-bond donors (Lipinski definition) is 1. The normalized spacial score (nSPS) is 12.0. The van der Waals surface area contributed by atoms with Gasteiger partial charge in [-0.3, -0.25) is 4.79 Å². The minimum absolute atomic E-state index is 0.138. The molecule has 0 saturated heterocycles. The van der Waals surface area contributed by atoms with Crippen LogP contribution in [0.2, 0.25) is 10.2 Å². The average Bonchev–Trinajstić information content (AvgIpc) is 2.90. The summed E-state index contributed by atoms with van der Waals surface area (Å²) in [5, 5.41) is 8.40. The highest BCUT2D eigenvalue weighted by Crippen LogP contribution is 2.24. The number of benzene rings is 2. The number of rotatable bonds is 5. The van der Waals surface area contributed by atoms with E-state index in [1.807, 2.05) is 62.4 Å². The van der Waals surface area contributed by atoms with Crippen LogP contribution in [0.1, 0.15) is 45.7 Å². The topological polar surface area (TPSA) is 46.9 Å². The number of aryl methyl sites for hydroxylation is 2. The number of amides is 1. The van der Waals surface area contributed by atoms with Gasteiger partial charge in [-0.25, -0.2) is 4.68 Å². The zero-order valence-electron chi connectivity index (χ0n) is 15.5. The Morgan fingerprint density at radius 3 is 2.48 bits per heavy atom. The Labute approximate surface area is 169 Å². The number of nitrogens with one attached hydrogen (secondary N) is 1. The van der Waals surface area contributed by atoms with Crippen molar-refractivity contribution < 1.29 is 4.79 Å². The third-order valence-corrected chi connectivity index (χ3v) is 5.33. The third kappa shape index (κ3) is 4.18. The highest BCUT2D eigenvalue weighted by Gasteiger charge is 2.22. The van der Waals surface area contributed by atoms with Crippen molar-refractivity contribution in [2.75, 3.05) is 0 Å². The second-order valence-electron chi connectivity index (χ2n) is 6.55. The number of carbonyl (C=O) groups is 1. The molecule has 6 heteroatoms. The molecule has 1 unspecified atom stereocenters. The summed E-state index contributed by atoms with van der Waals surface area (Å²) in [7, 11) is 0. The third-order valence-electron chi connectivity index (χ3n) is 4.57. The fourth-order valence-corrected chi connectivity index (χ4v) is 3.64. The van der Waals surface area contributed by atoms with Gasteiger partial charge in [0, 0.05) is 5.02 Å². The van der Waals surface area contributed by atoms with Gasteiger partial charge in [0.15, 0.2) is 0 Å². The van der Waals surface area contributed by atoms with Gasteiger partial charge in [-0.15, -0.1) is 0 Å². The van der Waals surface area contributed by atoms with Crippen LogP contribution in [-0.4, -0.2) is 15.7 Å². The molecule has 4 nitrogen and oxygen atoms in total. The van der Waals surface area contributed by atoms with Crippen molar-refractivity contribution >= 4 is 29.1 Å². The molecular weight excluding hydrogens is 381 g/mol. The van der Waals surface area contributed by atoms with Crippen LogP contribution in [0.3, 0.4) is 0 Å². The van der Waals surface area contributed by atoms with Gasteiger partial charge in [-0.1, -0.05) is 65.7 Å². The first kappa shape index (κ1) is 19.5. The van der Waals surface area contributed by atoms with E-state index >= 15 is 0 Å². The monoisotopic (exact) mass is 401 g/mol. The Morgan fingerprint density at radius 1 is 1.11 bits per heavy atom. The van der Waals surface area contributed by atoms with Gasteiger partial charge in [0.05, 0.1) is 23.8 Å². The first-order valence-electron chi connectivity index (χ1n) is 8.71. The molecule has 1 amide bonds. The summed E-state index contributed by atoms with van der Waals surface area (Å²) >= 11 is 12.7. The van der Waals surface area contributed by atoms with Gasteiger partial charge in [0.25, 0.3) is 5.91 Å². The Bertz CT molecular complexity index is 981. The summed E-state index contributed by atoms with van der Waals surface area (Å²) in [6, 6.07) is 15.3. The molecule has 0 saturated carbocycles. The fourth-order valence-electron chi connectivity index (χ4n) is 3.12. The smallest absolute Gasteiger partial charge is 0.256 e. The lowest BCUT2D eigenvalue weighted by atomic mass is 10.0. The number of aromatic nitrogens is 2. The zero-order chi connectivity index (χ0) is 19.6. The van der Waals surface area contributed by atoms with Crippen molar-refractivity contribution in [3.8, 4) is 0 Å². The summed E-state index contributed by atoms with van der Waals surface area (Å²) < 4.78 is 1.60. The van der Waals surface area contributed by atoms with E-state index in [4.69, 9.17) is 23.2 Å². The van der Waals surface area contributed by atoms with Crippen LogP contribution >= 0.6 is 23.2 Å². The molecule has 0 aliphatic heterocycles. The molecule has 1 aromatic heterocycles. The van der Waals surface area contributed by atoms with E-state index in [0.717, 1.165) is 16.7 Å². The summed E-state index contributed by atoms with van der Waals surface area (Å²) in [5.74, 6) is -0.237. The molecule has 1 heterocycles. The van der Waals surface area contributed by atoms with Crippen LogP contribution in [0.4, 0.5) is 0 Å². The molecular formula is C21H21Cl2N3O. The van der Waals surface area contributed by atoms with E-state index in [1.165, 1.54) is 0 Å². The van der Waals surface area contributed by atoms with Gasteiger partial charge >= 0.3 is 0 Å². The Morgan fingerprint density at radius 2 is 1.78 bits per heavy atom. The lowest BCUT2D eigenvalue weighted by Crippen LogP contribution is -2.27. The van der Waals surface area contributed by atoms with E-state index in [9.17, 15) is 4.79 Å². The molecule has 0 fully saturated rings. The lowest BCUT2D eigenvalue weighted by molar-refractivity contribution is 0.0939. The molecule has 0 spiro atoms. The van der Waals surface area contributed by atoms with E-state index in [-0.39, 0.29) is 11.9 Å². The van der Waals surface area contributed by atoms with E-state index in [0.29, 0.717) is 28.0 Å². The Balaban J connectivity index is 1.83. The first-order valence-corrected chi connectivity index (χ1v) is 9.46. The average molecular weight is 402 g/mol. The molecule has 0 bridgehead atoms. The predicted molar refractivity (Wildman–Crippen MR) is 110 cm³/mol. The fraction of sp³-hybridized carbons (Fsp3) is 0.238. The highest BCUT2D eigenvalue weighted by atomic mass is 35.5. The van der Waals surface area contributed by atoms with Crippen LogP contribution in [0.15, 0.2) is 48.5 Å². The van der Waals surface area contributed by atoms with E-state index in [1.54, 1.807) is 11.6 Å². The molecule has 27 heavy (non-hydrogen) atoms. The summed E-state index contributed by atoms with van der Waals surface area (Å²) in [6.07, 6.45) is 0. The number of nitrogens with zero attached hydrogens (tertiary/aromatic N) is 2. The zero-order valence-corrected chi connectivity index (χ0v) is 17.0. The molecule has 2 aromatic carbocycles. The van der Waals surface area contributed by atoms with E-state index < -0.39 is 0 Å². The van der Waals surface area contributed by atoms with Crippen molar-refractivity contribution in [2.45, 2.75) is 33.4 Å². The van der Waals surface area contributed by atoms with Gasteiger partial charge in [0.1, 0.15) is 5.15 Å². The quantitative estimate of drug-likeness (QED) is 0.626. The summed E-state index contributed by atoms with van der Waals surface area (Å²) in [5.41, 5.74) is 4.07. The number of carbonyl (C=O) groups excluding carboxylic acids is 1. The maximum absolute atomic E-state index is 12.8. The molecule has 0 aliphatic carbocycles. The predicted octanol–water partition coefficient (Wildman–Crippen LogP) is 5.35. The second kappa shape index (κ2) is 8.15. The van der Waals surface area contributed by atoms with Gasteiger partial charge in [-0.2, -0.15) is 5.10 Å². The Kier molecular flexibility index (Phi) is 5.88. The van der Waals surface area contributed by atoms with Crippen molar-refractivity contribution in [3.63, 3.8) is 0 Å². The van der Waals surface area contributed by atoms with Crippen molar-refractivity contribution in [2.24, 2.45) is 0 Å². The van der Waals surface area contributed by atoms with Gasteiger partial charge < -0.3 is 5.32 Å². The maximum atomic E-state index is 12.8. The minimum atomic E-state index is -0.237. The number of hydrogen-bond acceptors (Lipinski definition) is 2. The molecule has 3 rings (SSSR count). The second-order valence-corrected chi connectivity index (χ2v) is 7.32. The van der Waals surface area contributed by atoms with Crippen LogP contribution in [0.25, 0.3) is 0 Å². The van der Waals surface area contributed by atoms with Crippen LogP contribution in [0, 0.1) is 13.8 Å². The largest absolute Gasteiger partial charge is 0.345 e. The molecule has 1 atom stereocenters. The standard InChI is InChI=1S/C21H21Cl2N3O/c1-13-8-4-6-10-17(13)14(2)24-21(27)19-15(3)25-26(20(19)23)12-16-9-5-7-11-18(16)22/h4-11,14H,12H2,1-3H3,(H,24,27). The molecule has 0 radical (unpaired) electrons. The summed E-state index contributed by atoms with van der Waals surface area (Å²) in [6.45, 7) is 6.16. The van der Waals surface area contributed by atoms with Crippen LogP contribution < -0.4 is 5.32 Å².